The summed E-state index contributed by atoms with van der Waals surface area (Å²) in [6.07, 6.45) is 3.52. The molecule has 5 nitrogen and oxygen atoms in total. The molecule has 0 aliphatic heterocycles. The van der Waals surface area contributed by atoms with Crippen LogP contribution in [-0.4, -0.2) is 26.3 Å². The lowest BCUT2D eigenvalue weighted by molar-refractivity contribution is -0.113. The Morgan fingerprint density at radius 1 is 1.20 bits per heavy atom. The van der Waals surface area contributed by atoms with E-state index in [1.54, 1.807) is 22.0 Å². The molecule has 0 spiro atoms. The number of amides is 1. The van der Waals surface area contributed by atoms with E-state index in [9.17, 15) is 4.79 Å². The van der Waals surface area contributed by atoms with E-state index in [-0.39, 0.29) is 5.91 Å². The third-order valence-corrected chi connectivity index (χ3v) is 5.41. The summed E-state index contributed by atoms with van der Waals surface area (Å²) in [4.78, 5) is 17.7. The third-order valence-electron chi connectivity index (χ3n) is 3.53. The molecule has 0 saturated heterocycles. The molecule has 0 saturated carbocycles. The minimum absolute atomic E-state index is 0.0574. The van der Waals surface area contributed by atoms with Crippen LogP contribution >= 0.6 is 23.1 Å². The zero-order chi connectivity index (χ0) is 17.1. The molecule has 4 rings (SSSR count). The van der Waals surface area contributed by atoms with Crippen LogP contribution in [0.1, 0.15) is 0 Å². The van der Waals surface area contributed by atoms with E-state index in [0.717, 1.165) is 26.8 Å². The Labute approximate surface area is 152 Å². The number of carbonyl (C=O) groups is 1. The molecule has 1 N–H and O–H groups in total. The summed E-state index contributed by atoms with van der Waals surface area (Å²) in [5.74, 6) is 0.235. The summed E-state index contributed by atoms with van der Waals surface area (Å²) in [5.41, 5.74) is 2.62. The molecule has 0 bridgehead atoms. The molecule has 3 aromatic heterocycles. The van der Waals surface area contributed by atoms with Gasteiger partial charge in [0.2, 0.25) is 5.91 Å². The number of nitrogens with zero attached hydrogens (tertiary/aromatic N) is 3. The summed E-state index contributed by atoms with van der Waals surface area (Å²) >= 11 is 3.06. The second-order valence-corrected chi connectivity index (χ2v) is 7.18. The van der Waals surface area contributed by atoms with Gasteiger partial charge in [0.1, 0.15) is 10.7 Å². The van der Waals surface area contributed by atoms with Gasteiger partial charge in [-0.05, 0) is 29.6 Å². The van der Waals surface area contributed by atoms with Gasteiger partial charge in [0.25, 0.3) is 0 Å². The minimum atomic E-state index is -0.0574. The van der Waals surface area contributed by atoms with E-state index >= 15 is 0 Å². The highest BCUT2D eigenvalue weighted by Crippen LogP contribution is 2.28. The Morgan fingerprint density at radius 3 is 2.88 bits per heavy atom. The molecule has 1 aromatic carbocycles. The van der Waals surface area contributed by atoms with Gasteiger partial charge in [0, 0.05) is 18.1 Å². The first-order chi connectivity index (χ1) is 12.3. The van der Waals surface area contributed by atoms with Crippen LogP contribution in [0.5, 0.6) is 0 Å². The van der Waals surface area contributed by atoms with E-state index in [2.05, 4.69) is 15.4 Å². The fraction of sp³-hybridized carbons (Fsp3) is 0.0556. The van der Waals surface area contributed by atoms with E-state index in [1.165, 1.54) is 11.8 Å². The normalized spacial score (nSPS) is 10.9. The number of aromatic nitrogens is 3. The number of fused-ring (bicyclic) bond motifs is 1. The Balaban J connectivity index is 1.50. The van der Waals surface area contributed by atoms with Crippen LogP contribution in [0.3, 0.4) is 0 Å². The van der Waals surface area contributed by atoms with Gasteiger partial charge >= 0.3 is 0 Å². The van der Waals surface area contributed by atoms with E-state index in [0.29, 0.717) is 5.75 Å². The predicted octanol–water partition coefficient (Wildman–Crippen LogP) is 4.19. The fourth-order valence-electron chi connectivity index (χ4n) is 2.41. The zero-order valence-corrected chi connectivity index (χ0v) is 14.8. The Bertz CT molecular complexity index is 997. The maximum Gasteiger partial charge on any atom is 0.234 e. The summed E-state index contributed by atoms with van der Waals surface area (Å²) in [6.45, 7) is 0. The average Bonchev–Trinajstić information content (AvgIpc) is 3.30. The fourth-order valence-corrected chi connectivity index (χ4v) is 3.86. The monoisotopic (exact) mass is 366 g/mol. The second-order valence-electron chi connectivity index (χ2n) is 5.27. The van der Waals surface area contributed by atoms with Gasteiger partial charge in [-0.3, -0.25) is 4.79 Å². The maximum atomic E-state index is 12.1. The molecule has 3 heterocycles. The summed E-state index contributed by atoms with van der Waals surface area (Å²) in [5, 5.41) is 10.3. The van der Waals surface area contributed by atoms with Gasteiger partial charge < -0.3 is 5.32 Å². The Morgan fingerprint density at radius 2 is 2.08 bits per heavy atom. The molecule has 0 atom stereocenters. The van der Waals surface area contributed by atoms with Gasteiger partial charge in [-0.1, -0.05) is 36.0 Å². The van der Waals surface area contributed by atoms with Crippen molar-refractivity contribution in [3.8, 4) is 10.6 Å². The Kier molecular flexibility index (Phi) is 4.49. The van der Waals surface area contributed by atoms with Crippen molar-refractivity contribution in [2.75, 3.05) is 11.1 Å². The molecular weight excluding hydrogens is 352 g/mol. The molecule has 0 aliphatic carbocycles. The highest BCUT2D eigenvalue weighted by Gasteiger charge is 2.12. The van der Waals surface area contributed by atoms with E-state index < -0.39 is 0 Å². The number of rotatable bonds is 5. The van der Waals surface area contributed by atoms with Crippen LogP contribution < -0.4 is 5.32 Å². The van der Waals surface area contributed by atoms with Crippen molar-refractivity contribution in [2.45, 2.75) is 5.03 Å². The first kappa shape index (κ1) is 15.9. The van der Waals surface area contributed by atoms with Crippen molar-refractivity contribution in [3.63, 3.8) is 0 Å². The first-order valence-corrected chi connectivity index (χ1v) is 9.52. The van der Waals surface area contributed by atoms with Crippen LogP contribution in [0.4, 0.5) is 5.69 Å². The zero-order valence-electron chi connectivity index (χ0n) is 13.1. The number of thiophene rings is 1. The number of nitrogens with one attached hydrogen (secondary N) is 1. The lowest BCUT2D eigenvalue weighted by Gasteiger charge is -2.05. The molecular formula is C18H14N4OS2. The maximum absolute atomic E-state index is 12.1. The van der Waals surface area contributed by atoms with Crippen molar-refractivity contribution < 1.29 is 4.79 Å². The van der Waals surface area contributed by atoms with Crippen LogP contribution in [0, 0.1) is 0 Å². The third kappa shape index (κ3) is 3.57. The highest BCUT2D eigenvalue weighted by atomic mass is 32.2. The van der Waals surface area contributed by atoms with Gasteiger partial charge in [-0.2, -0.15) is 5.10 Å². The molecule has 1 amide bonds. The van der Waals surface area contributed by atoms with Gasteiger partial charge in [0.05, 0.1) is 16.1 Å². The standard InChI is InChI=1S/C18H14N4OS2/c23-17(20-13-5-2-1-3-6-13)12-25-18-15-11-14(16-7-4-10-24-16)21-22(15)9-8-19-18/h1-11H,12H2,(H,20,23). The average molecular weight is 366 g/mol. The number of carbonyl (C=O) groups excluding carboxylic acids is 1. The Hall–Kier alpha value is -2.64. The first-order valence-electron chi connectivity index (χ1n) is 7.65. The van der Waals surface area contributed by atoms with Crippen LogP contribution in [0.2, 0.25) is 0 Å². The summed E-state index contributed by atoms with van der Waals surface area (Å²) < 4.78 is 1.81. The predicted molar refractivity (Wildman–Crippen MR) is 102 cm³/mol. The largest absolute Gasteiger partial charge is 0.325 e. The molecule has 124 valence electrons. The molecule has 7 heteroatoms. The molecule has 4 aromatic rings. The minimum Gasteiger partial charge on any atom is -0.325 e. The summed E-state index contributed by atoms with van der Waals surface area (Å²) in [6, 6.07) is 15.5. The van der Waals surface area contributed by atoms with Crippen LogP contribution in [0.25, 0.3) is 16.1 Å². The lowest BCUT2D eigenvalue weighted by atomic mass is 10.3. The smallest absolute Gasteiger partial charge is 0.234 e. The van der Waals surface area contributed by atoms with Crippen molar-refractivity contribution in [1.29, 1.82) is 0 Å². The number of anilines is 1. The van der Waals surface area contributed by atoms with Gasteiger partial charge in [-0.15, -0.1) is 11.3 Å². The molecule has 0 fully saturated rings. The van der Waals surface area contributed by atoms with Crippen molar-refractivity contribution in [3.05, 3.63) is 66.3 Å². The van der Waals surface area contributed by atoms with E-state index in [4.69, 9.17) is 0 Å². The van der Waals surface area contributed by atoms with Crippen molar-refractivity contribution in [2.24, 2.45) is 0 Å². The number of thioether (sulfide) groups is 1. The molecule has 0 radical (unpaired) electrons. The molecule has 0 unspecified atom stereocenters. The lowest BCUT2D eigenvalue weighted by Crippen LogP contribution is -2.14. The quantitative estimate of drug-likeness (QED) is 0.538. The van der Waals surface area contributed by atoms with Gasteiger partial charge in [-0.25, -0.2) is 9.50 Å². The number of hydrogen-bond donors (Lipinski definition) is 1. The molecule has 25 heavy (non-hydrogen) atoms. The van der Waals surface area contributed by atoms with Crippen molar-refractivity contribution >= 4 is 40.2 Å². The van der Waals surface area contributed by atoms with Crippen LogP contribution in [-0.2, 0) is 4.79 Å². The number of para-hydroxylation sites is 1. The number of benzene rings is 1. The number of hydrogen-bond acceptors (Lipinski definition) is 5. The topological polar surface area (TPSA) is 59.3 Å². The van der Waals surface area contributed by atoms with Crippen molar-refractivity contribution in [1.82, 2.24) is 14.6 Å². The van der Waals surface area contributed by atoms with E-state index in [1.807, 2.05) is 60.1 Å². The highest BCUT2D eigenvalue weighted by molar-refractivity contribution is 8.00. The second kappa shape index (κ2) is 7.08. The SMILES string of the molecule is O=C(CSc1nccn2nc(-c3cccs3)cc12)Nc1ccccc1. The van der Waals surface area contributed by atoms with Crippen LogP contribution in [0.15, 0.2) is 71.3 Å². The summed E-state index contributed by atoms with van der Waals surface area (Å²) in [7, 11) is 0. The van der Waals surface area contributed by atoms with Gasteiger partial charge in [0.15, 0.2) is 0 Å². The molecule has 0 aliphatic rings.